The summed E-state index contributed by atoms with van der Waals surface area (Å²) in [5.74, 6) is 0. The summed E-state index contributed by atoms with van der Waals surface area (Å²) in [6.07, 6.45) is 3.91. The van der Waals surface area contributed by atoms with Crippen molar-refractivity contribution >= 4 is 43.5 Å². The number of benzene rings is 10. The molecule has 0 spiro atoms. The molecular formula is C67H46O2. The number of hydrogen-bond donors (Lipinski definition) is 0. The van der Waals surface area contributed by atoms with E-state index in [0.717, 1.165) is 33.1 Å². The molecule has 69 heavy (non-hydrogen) atoms. The Morgan fingerprint density at radius 3 is 1.03 bits per heavy atom. The third kappa shape index (κ3) is 4.91. The Kier molecular flexibility index (Phi) is 7.60. The van der Waals surface area contributed by atoms with Gasteiger partial charge in [-0.3, -0.25) is 0 Å². The highest BCUT2D eigenvalue weighted by Gasteiger charge is 2.51. The van der Waals surface area contributed by atoms with Crippen LogP contribution in [0.2, 0.25) is 0 Å². The summed E-state index contributed by atoms with van der Waals surface area (Å²) in [6.45, 7) is 9.73. The number of furan rings is 2. The first-order chi connectivity index (χ1) is 33.7. The minimum Gasteiger partial charge on any atom is -0.464 e. The lowest BCUT2D eigenvalue weighted by molar-refractivity contribution is 0.616. The Bertz CT molecular complexity index is 3900. The van der Waals surface area contributed by atoms with E-state index < -0.39 is 5.41 Å². The molecule has 3 aliphatic carbocycles. The fourth-order valence-corrected chi connectivity index (χ4v) is 13.4. The van der Waals surface area contributed by atoms with Gasteiger partial charge in [0.2, 0.25) is 0 Å². The third-order valence-corrected chi connectivity index (χ3v) is 16.7. The molecule has 0 unspecified atom stereocenters. The van der Waals surface area contributed by atoms with Gasteiger partial charge in [0.1, 0.15) is 11.2 Å². The quantitative estimate of drug-likeness (QED) is 0.176. The van der Waals surface area contributed by atoms with Crippen molar-refractivity contribution in [2.75, 3.05) is 0 Å². The summed E-state index contributed by atoms with van der Waals surface area (Å²) in [5.41, 5.74) is 23.9. The van der Waals surface area contributed by atoms with E-state index >= 15 is 0 Å². The summed E-state index contributed by atoms with van der Waals surface area (Å²) in [7, 11) is 0. The second-order valence-electron chi connectivity index (χ2n) is 20.7. The van der Waals surface area contributed by atoms with Crippen LogP contribution in [-0.2, 0) is 16.2 Å². The summed E-state index contributed by atoms with van der Waals surface area (Å²) < 4.78 is 12.4. The summed E-state index contributed by atoms with van der Waals surface area (Å²) >= 11 is 0. The molecule has 0 fully saturated rings. The molecule has 0 radical (unpaired) electrons. The van der Waals surface area contributed by atoms with Gasteiger partial charge >= 0.3 is 0 Å². The summed E-state index contributed by atoms with van der Waals surface area (Å²) in [6, 6.07) is 72.8. The number of rotatable bonds is 4. The predicted molar refractivity (Wildman–Crippen MR) is 284 cm³/mol. The molecule has 2 heteroatoms. The molecule has 0 atom stereocenters. The monoisotopic (exact) mass is 882 g/mol. The standard InChI is InChI=1S/C67H46O2/c1-65(2)55-33-49-50-34-56-52(64-46-28-14-12-24-42(46)48(32-60(64)66(56,3)4)54-38-69-62-30-18-16-26-44(54)62)36-58(50)67(39-19-7-5-8-20-39,40-21-9-6-10-22-40)57(49)35-51(55)63-45-27-13-11-23-41(45)47(31-59(63)65)53-37-68-61-29-17-15-25-43(53)61/h5-38H,1-4H3. The zero-order valence-electron chi connectivity index (χ0n) is 38.9. The van der Waals surface area contributed by atoms with Gasteiger partial charge in [-0.25, -0.2) is 0 Å². The van der Waals surface area contributed by atoms with Crippen LogP contribution >= 0.6 is 0 Å². The smallest absolute Gasteiger partial charge is 0.134 e. The van der Waals surface area contributed by atoms with E-state index in [4.69, 9.17) is 8.83 Å². The van der Waals surface area contributed by atoms with Gasteiger partial charge < -0.3 is 8.83 Å². The maximum atomic E-state index is 6.20. The molecule has 2 heterocycles. The molecule has 0 bridgehead atoms. The molecule has 3 aliphatic rings. The highest BCUT2D eigenvalue weighted by molar-refractivity contribution is 6.14. The van der Waals surface area contributed by atoms with Crippen molar-refractivity contribution in [3.8, 4) is 55.6 Å². The van der Waals surface area contributed by atoms with E-state index in [2.05, 4.69) is 222 Å². The molecular weight excluding hydrogens is 837 g/mol. The lowest BCUT2D eigenvalue weighted by Crippen LogP contribution is -2.29. The van der Waals surface area contributed by atoms with Gasteiger partial charge in [-0.15, -0.1) is 0 Å². The largest absolute Gasteiger partial charge is 0.464 e. The first-order valence-electron chi connectivity index (χ1n) is 24.3. The second kappa shape index (κ2) is 13.5. The number of fused-ring (bicyclic) bond motifs is 15. The van der Waals surface area contributed by atoms with Crippen molar-refractivity contribution in [1.82, 2.24) is 0 Å². The molecule has 12 aromatic rings. The minimum atomic E-state index is -0.603. The summed E-state index contributed by atoms with van der Waals surface area (Å²) in [4.78, 5) is 0. The molecule has 10 aromatic carbocycles. The predicted octanol–water partition coefficient (Wildman–Crippen LogP) is 17.8. The first-order valence-corrected chi connectivity index (χ1v) is 24.3. The van der Waals surface area contributed by atoms with E-state index in [1.165, 1.54) is 111 Å². The Balaban J connectivity index is 1.03. The average Bonchev–Trinajstić information content (AvgIpc) is 4.18. The van der Waals surface area contributed by atoms with Crippen LogP contribution in [-0.4, -0.2) is 0 Å². The van der Waals surface area contributed by atoms with Gasteiger partial charge in [0.25, 0.3) is 0 Å². The topological polar surface area (TPSA) is 26.3 Å². The van der Waals surface area contributed by atoms with Crippen LogP contribution in [0.1, 0.15) is 72.2 Å². The van der Waals surface area contributed by atoms with E-state index in [-0.39, 0.29) is 10.8 Å². The Morgan fingerprint density at radius 1 is 0.275 bits per heavy atom. The van der Waals surface area contributed by atoms with E-state index in [9.17, 15) is 0 Å². The number of hydrogen-bond acceptors (Lipinski definition) is 2. The van der Waals surface area contributed by atoms with Crippen molar-refractivity contribution in [2.45, 2.75) is 43.9 Å². The maximum absolute atomic E-state index is 6.20. The second-order valence-corrected chi connectivity index (χ2v) is 20.7. The molecule has 2 nitrogen and oxygen atoms in total. The fourth-order valence-electron chi connectivity index (χ4n) is 13.4. The molecule has 326 valence electrons. The van der Waals surface area contributed by atoms with Crippen LogP contribution in [0.4, 0.5) is 0 Å². The molecule has 0 aliphatic heterocycles. The van der Waals surface area contributed by atoms with Gasteiger partial charge in [-0.05, 0) is 159 Å². The molecule has 0 N–H and O–H groups in total. The van der Waals surface area contributed by atoms with Crippen molar-refractivity contribution < 1.29 is 8.83 Å². The highest BCUT2D eigenvalue weighted by Crippen LogP contribution is 2.64. The van der Waals surface area contributed by atoms with Crippen LogP contribution in [0.5, 0.6) is 0 Å². The van der Waals surface area contributed by atoms with E-state index in [1.807, 2.05) is 12.5 Å². The zero-order valence-corrected chi connectivity index (χ0v) is 38.9. The zero-order chi connectivity index (χ0) is 46.0. The Hall–Kier alpha value is -8.20. The lowest BCUT2D eigenvalue weighted by Gasteiger charge is -2.34. The summed E-state index contributed by atoms with van der Waals surface area (Å²) in [5, 5.41) is 7.30. The van der Waals surface area contributed by atoms with Gasteiger partial charge in [0.05, 0.1) is 17.9 Å². The number of para-hydroxylation sites is 2. The Labute approximate surface area is 401 Å². The SMILES string of the molecule is CC1(C)c2cc3c(cc2-c2c1cc(-c1coc4ccccc14)c1ccccc21)C(c1ccccc1)(c1ccccc1)c1cc2c(cc1-3)C(C)(C)c1cc(-c3coc4ccccc34)c3ccccc3c1-2. The average molecular weight is 883 g/mol. The molecule has 15 rings (SSSR count). The van der Waals surface area contributed by atoms with Gasteiger partial charge in [0, 0.05) is 32.7 Å². The third-order valence-electron chi connectivity index (χ3n) is 16.7. The van der Waals surface area contributed by atoms with Crippen LogP contribution in [0.25, 0.3) is 99.1 Å². The molecule has 2 aromatic heterocycles. The molecule has 0 amide bonds. The van der Waals surface area contributed by atoms with Crippen LogP contribution in [0.3, 0.4) is 0 Å². The highest BCUT2D eigenvalue weighted by atomic mass is 16.3. The van der Waals surface area contributed by atoms with Crippen molar-refractivity contribution in [1.29, 1.82) is 0 Å². The van der Waals surface area contributed by atoms with Crippen molar-refractivity contribution in [2.24, 2.45) is 0 Å². The van der Waals surface area contributed by atoms with Crippen LogP contribution in [0.15, 0.2) is 215 Å². The minimum absolute atomic E-state index is 0.290. The van der Waals surface area contributed by atoms with Crippen molar-refractivity contribution in [3.05, 3.63) is 251 Å². The van der Waals surface area contributed by atoms with E-state index in [0.29, 0.717) is 0 Å². The lowest BCUT2D eigenvalue weighted by atomic mass is 9.67. The van der Waals surface area contributed by atoms with Crippen LogP contribution < -0.4 is 0 Å². The van der Waals surface area contributed by atoms with Crippen molar-refractivity contribution in [3.63, 3.8) is 0 Å². The molecule has 0 saturated carbocycles. The first kappa shape index (κ1) is 38.9. The maximum Gasteiger partial charge on any atom is 0.134 e. The molecule has 0 saturated heterocycles. The van der Waals surface area contributed by atoms with Crippen LogP contribution in [0, 0.1) is 0 Å². The van der Waals surface area contributed by atoms with Gasteiger partial charge in [-0.1, -0.05) is 173 Å². The van der Waals surface area contributed by atoms with Gasteiger partial charge in [0.15, 0.2) is 0 Å². The van der Waals surface area contributed by atoms with E-state index in [1.54, 1.807) is 0 Å². The van der Waals surface area contributed by atoms with Gasteiger partial charge in [-0.2, -0.15) is 0 Å². The fraction of sp³-hybridized carbons (Fsp3) is 0.104. The normalized spacial score (nSPS) is 15.3. The Morgan fingerprint density at radius 2 is 0.609 bits per heavy atom.